The van der Waals surface area contributed by atoms with Crippen LogP contribution in [0, 0.1) is 11.3 Å². The fourth-order valence-corrected chi connectivity index (χ4v) is 2.19. The Morgan fingerprint density at radius 2 is 2.05 bits per heavy atom. The minimum atomic E-state index is 0.410. The van der Waals surface area contributed by atoms with E-state index >= 15 is 0 Å². The third kappa shape index (κ3) is 3.39. The Balaban J connectivity index is 2.41. The van der Waals surface area contributed by atoms with Crippen LogP contribution in [0.15, 0.2) is 41.6 Å². The highest BCUT2D eigenvalue weighted by Crippen LogP contribution is 2.26. The zero-order chi connectivity index (χ0) is 14.4. The Bertz CT molecular complexity index is 609. The van der Waals surface area contributed by atoms with E-state index in [9.17, 15) is 0 Å². The molecular weight excluding hydrogens is 270 g/mol. The van der Waals surface area contributed by atoms with E-state index in [1.807, 2.05) is 41.5 Å². The first kappa shape index (κ1) is 14.2. The van der Waals surface area contributed by atoms with Crippen LogP contribution < -0.4 is 10.6 Å². The van der Waals surface area contributed by atoms with Crippen molar-refractivity contribution in [2.45, 2.75) is 11.6 Å². The number of benzene rings is 1. The van der Waals surface area contributed by atoms with Crippen LogP contribution in [0.3, 0.4) is 0 Å². The first-order chi connectivity index (χ1) is 9.74. The molecule has 2 rings (SSSR count). The Morgan fingerprint density at radius 1 is 1.30 bits per heavy atom. The molecule has 6 heteroatoms. The zero-order valence-corrected chi connectivity index (χ0v) is 12.0. The number of thioether (sulfide) groups is 1. The van der Waals surface area contributed by atoms with E-state index in [2.05, 4.69) is 16.0 Å². The quantitative estimate of drug-likeness (QED) is 0.672. The van der Waals surface area contributed by atoms with Crippen molar-refractivity contribution >= 4 is 29.1 Å². The largest absolute Gasteiger partial charge is 0.383 e. The number of nitrogens with two attached hydrogens (primary N) is 1. The lowest BCUT2D eigenvalue weighted by Gasteiger charge is -2.23. The number of nitrogens with zero attached hydrogens (tertiary/aromatic N) is 4. The second-order valence-electron chi connectivity index (χ2n) is 4.03. The van der Waals surface area contributed by atoms with Gasteiger partial charge in [0.05, 0.1) is 12.5 Å². The number of para-hydroxylation sites is 1. The molecule has 5 nitrogen and oxygen atoms in total. The minimum absolute atomic E-state index is 0.410. The average molecular weight is 285 g/mol. The van der Waals surface area contributed by atoms with Crippen molar-refractivity contribution in [3.63, 3.8) is 0 Å². The SMILES string of the molecule is CSc1nc(N)cc(N(CCC#N)c2ccccc2)n1. The molecule has 0 fully saturated rings. The van der Waals surface area contributed by atoms with Crippen LogP contribution in [0.1, 0.15) is 6.42 Å². The number of aromatic nitrogens is 2. The molecule has 0 amide bonds. The minimum Gasteiger partial charge on any atom is -0.383 e. The number of hydrogen-bond donors (Lipinski definition) is 1. The van der Waals surface area contributed by atoms with E-state index in [0.29, 0.717) is 29.8 Å². The summed E-state index contributed by atoms with van der Waals surface area (Å²) in [5, 5.41) is 9.45. The van der Waals surface area contributed by atoms with Gasteiger partial charge in [-0.3, -0.25) is 0 Å². The normalized spacial score (nSPS) is 10.0. The van der Waals surface area contributed by atoms with Gasteiger partial charge in [0.2, 0.25) is 0 Å². The first-order valence-corrected chi connectivity index (χ1v) is 7.35. The summed E-state index contributed by atoms with van der Waals surface area (Å²) in [5.41, 5.74) is 6.80. The predicted molar refractivity (Wildman–Crippen MR) is 81.9 cm³/mol. The molecule has 20 heavy (non-hydrogen) atoms. The van der Waals surface area contributed by atoms with Crippen molar-refractivity contribution in [2.24, 2.45) is 0 Å². The molecular formula is C14H15N5S. The second kappa shape index (κ2) is 6.78. The summed E-state index contributed by atoms with van der Waals surface area (Å²) < 4.78 is 0. The number of hydrogen-bond acceptors (Lipinski definition) is 6. The Labute approximate surface area is 122 Å². The summed E-state index contributed by atoms with van der Waals surface area (Å²) in [6, 6.07) is 13.7. The molecule has 0 aliphatic heterocycles. The summed E-state index contributed by atoms with van der Waals surface area (Å²) in [6.45, 7) is 0.560. The van der Waals surface area contributed by atoms with Crippen molar-refractivity contribution in [1.29, 1.82) is 5.26 Å². The molecule has 0 aliphatic rings. The van der Waals surface area contributed by atoms with Gasteiger partial charge in [-0.15, -0.1) is 0 Å². The van der Waals surface area contributed by atoms with Crippen molar-refractivity contribution in [3.8, 4) is 6.07 Å². The average Bonchev–Trinajstić information content (AvgIpc) is 2.48. The second-order valence-corrected chi connectivity index (χ2v) is 4.81. The third-order valence-electron chi connectivity index (χ3n) is 2.69. The molecule has 0 aliphatic carbocycles. The molecule has 0 saturated heterocycles. The maximum atomic E-state index is 8.83. The van der Waals surface area contributed by atoms with Crippen LogP contribution in [-0.4, -0.2) is 22.8 Å². The van der Waals surface area contributed by atoms with Gasteiger partial charge in [0.1, 0.15) is 11.6 Å². The van der Waals surface area contributed by atoms with Crippen molar-refractivity contribution in [3.05, 3.63) is 36.4 Å². The third-order valence-corrected chi connectivity index (χ3v) is 3.23. The van der Waals surface area contributed by atoms with Gasteiger partial charge in [0.25, 0.3) is 0 Å². The van der Waals surface area contributed by atoms with Crippen LogP contribution in [-0.2, 0) is 0 Å². The summed E-state index contributed by atoms with van der Waals surface area (Å²) in [6.07, 6.45) is 2.31. The van der Waals surface area contributed by atoms with E-state index in [0.717, 1.165) is 5.69 Å². The summed E-state index contributed by atoms with van der Waals surface area (Å²) in [4.78, 5) is 10.6. The van der Waals surface area contributed by atoms with E-state index in [1.165, 1.54) is 11.8 Å². The van der Waals surface area contributed by atoms with Crippen molar-refractivity contribution in [1.82, 2.24) is 9.97 Å². The van der Waals surface area contributed by atoms with Crippen LogP contribution in [0.25, 0.3) is 0 Å². The zero-order valence-electron chi connectivity index (χ0n) is 11.2. The fourth-order valence-electron chi connectivity index (χ4n) is 1.81. The van der Waals surface area contributed by atoms with E-state index in [4.69, 9.17) is 11.0 Å². The van der Waals surface area contributed by atoms with Gasteiger partial charge in [0.15, 0.2) is 5.16 Å². The number of nitrogen functional groups attached to an aromatic ring is 1. The molecule has 2 aromatic rings. The summed E-state index contributed by atoms with van der Waals surface area (Å²) in [5.74, 6) is 1.14. The predicted octanol–water partition coefficient (Wildman–Crippen LogP) is 2.83. The van der Waals surface area contributed by atoms with Crippen LogP contribution in [0.2, 0.25) is 0 Å². The standard InChI is InChI=1S/C14H15N5S/c1-20-14-17-12(16)10-13(18-14)19(9-5-8-15)11-6-3-2-4-7-11/h2-4,6-7,10H,5,9H2,1H3,(H2,16,17,18). The monoisotopic (exact) mass is 285 g/mol. The van der Waals surface area contributed by atoms with Crippen molar-refractivity contribution in [2.75, 3.05) is 23.4 Å². The van der Waals surface area contributed by atoms with Gasteiger partial charge in [-0.1, -0.05) is 30.0 Å². The topological polar surface area (TPSA) is 78.8 Å². The van der Waals surface area contributed by atoms with E-state index in [-0.39, 0.29) is 0 Å². The Morgan fingerprint density at radius 3 is 2.70 bits per heavy atom. The molecule has 0 spiro atoms. The molecule has 0 unspecified atom stereocenters. The van der Waals surface area contributed by atoms with Gasteiger partial charge in [0, 0.05) is 18.3 Å². The summed E-state index contributed by atoms with van der Waals surface area (Å²) in [7, 11) is 0. The lowest BCUT2D eigenvalue weighted by atomic mass is 10.2. The number of nitriles is 1. The fraction of sp³-hybridized carbons (Fsp3) is 0.214. The highest BCUT2D eigenvalue weighted by molar-refractivity contribution is 7.98. The maximum Gasteiger partial charge on any atom is 0.191 e. The highest BCUT2D eigenvalue weighted by atomic mass is 32.2. The van der Waals surface area contributed by atoms with Gasteiger partial charge in [-0.25, -0.2) is 9.97 Å². The van der Waals surface area contributed by atoms with Crippen molar-refractivity contribution < 1.29 is 0 Å². The van der Waals surface area contributed by atoms with Gasteiger partial charge in [-0.2, -0.15) is 5.26 Å². The van der Waals surface area contributed by atoms with Gasteiger partial charge < -0.3 is 10.6 Å². The van der Waals surface area contributed by atoms with Gasteiger partial charge in [-0.05, 0) is 18.4 Å². The smallest absolute Gasteiger partial charge is 0.191 e. The van der Waals surface area contributed by atoms with Gasteiger partial charge >= 0.3 is 0 Å². The summed E-state index contributed by atoms with van der Waals surface area (Å²) >= 11 is 1.44. The molecule has 102 valence electrons. The molecule has 0 saturated carbocycles. The van der Waals surface area contributed by atoms with E-state index in [1.54, 1.807) is 6.07 Å². The van der Waals surface area contributed by atoms with Crippen LogP contribution in [0.5, 0.6) is 0 Å². The lowest BCUT2D eigenvalue weighted by Crippen LogP contribution is -2.20. The Kier molecular flexibility index (Phi) is 4.80. The first-order valence-electron chi connectivity index (χ1n) is 6.12. The van der Waals surface area contributed by atoms with Crippen LogP contribution in [0.4, 0.5) is 17.3 Å². The van der Waals surface area contributed by atoms with Crippen LogP contribution >= 0.6 is 11.8 Å². The lowest BCUT2D eigenvalue weighted by molar-refractivity contribution is 0.886. The molecule has 1 aromatic heterocycles. The molecule has 1 aromatic carbocycles. The molecule has 1 heterocycles. The molecule has 0 atom stereocenters. The highest BCUT2D eigenvalue weighted by Gasteiger charge is 2.12. The number of rotatable bonds is 5. The molecule has 2 N–H and O–H groups in total. The molecule has 0 radical (unpaired) electrons. The Hall–Kier alpha value is -2.26. The van der Waals surface area contributed by atoms with E-state index < -0.39 is 0 Å². The number of anilines is 3. The molecule has 0 bridgehead atoms. The maximum absolute atomic E-state index is 8.83.